The highest BCUT2D eigenvalue weighted by Crippen LogP contribution is 2.36. The molecule has 0 saturated carbocycles. The fraction of sp³-hybridized carbons (Fsp3) is 0.400. The summed E-state index contributed by atoms with van der Waals surface area (Å²) in [6.45, 7) is 6.14. The third kappa shape index (κ3) is 5.70. The Kier molecular flexibility index (Phi) is 6.35. The number of carbonyl (C=O) groups excluding carboxylic acids is 1. The lowest BCUT2D eigenvalue weighted by atomic mass is 10.0. The van der Waals surface area contributed by atoms with E-state index in [-0.39, 0.29) is 5.02 Å². The summed E-state index contributed by atoms with van der Waals surface area (Å²) < 4.78 is 36.2. The van der Waals surface area contributed by atoms with E-state index in [1.807, 2.05) is 0 Å². The first-order chi connectivity index (χ1) is 12.9. The molecule has 0 spiro atoms. The minimum atomic E-state index is -3.40. The van der Waals surface area contributed by atoms with Crippen LogP contribution in [0, 0.1) is 11.8 Å². The largest absolute Gasteiger partial charge is 0.444 e. The molecule has 1 N–H and O–H groups in total. The number of hydrogen-bond donors (Lipinski definition) is 1. The maximum absolute atomic E-state index is 14.8. The van der Waals surface area contributed by atoms with Crippen LogP contribution in [0.1, 0.15) is 44.4 Å². The molecule has 0 bridgehead atoms. The second-order valence-corrected chi connectivity index (χ2v) is 7.75. The van der Waals surface area contributed by atoms with Gasteiger partial charge in [0.1, 0.15) is 5.60 Å². The zero-order valence-electron chi connectivity index (χ0n) is 16.3. The summed E-state index contributed by atoms with van der Waals surface area (Å²) in [7, 11) is 1.77. The lowest BCUT2D eigenvalue weighted by molar-refractivity contribution is -0.0410. The summed E-state index contributed by atoms with van der Waals surface area (Å²) in [5, 5.41) is 6.02. The number of ether oxygens (including phenoxy) is 1. The molecule has 1 unspecified atom stereocenters. The van der Waals surface area contributed by atoms with Gasteiger partial charge in [-0.3, -0.25) is 4.68 Å². The van der Waals surface area contributed by atoms with Gasteiger partial charge in [0.15, 0.2) is 0 Å². The van der Waals surface area contributed by atoms with Crippen LogP contribution in [0.25, 0.3) is 0 Å². The van der Waals surface area contributed by atoms with E-state index in [1.165, 1.54) is 25.1 Å². The number of nitrogens with zero attached hydrogens (tertiary/aromatic N) is 2. The molecule has 150 valence electrons. The second kappa shape index (κ2) is 8.19. The first-order valence-electron chi connectivity index (χ1n) is 8.56. The predicted octanol–water partition coefficient (Wildman–Crippen LogP) is 4.48. The molecular formula is C20H22ClF2N3O2. The van der Waals surface area contributed by atoms with Gasteiger partial charge in [0.2, 0.25) is 0 Å². The van der Waals surface area contributed by atoms with E-state index in [0.29, 0.717) is 11.1 Å². The van der Waals surface area contributed by atoms with Gasteiger partial charge >= 0.3 is 6.09 Å². The van der Waals surface area contributed by atoms with Crippen molar-refractivity contribution >= 4 is 17.7 Å². The van der Waals surface area contributed by atoms with Crippen LogP contribution in [0.15, 0.2) is 30.6 Å². The lowest BCUT2D eigenvalue weighted by Crippen LogP contribution is -2.46. The molecule has 2 rings (SSSR count). The van der Waals surface area contributed by atoms with Crippen molar-refractivity contribution in [1.82, 2.24) is 15.1 Å². The molecule has 1 aromatic carbocycles. The summed E-state index contributed by atoms with van der Waals surface area (Å²) in [6, 6.07) is 2.52. The van der Waals surface area contributed by atoms with E-state index in [4.69, 9.17) is 16.3 Å². The molecule has 8 heteroatoms. The molecule has 0 aliphatic carbocycles. The molecule has 1 aromatic heterocycles. The Hall–Kier alpha value is -2.59. The fourth-order valence-corrected chi connectivity index (χ4v) is 2.61. The summed E-state index contributed by atoms with van der Waals surface area (Å²) >= 11 is 6.08. The van der Waals surface area contributed by atoms with E-state index in [2.05, 4.69) is 22.3 Å². The van der Waals surface area contributed by atoms with Crippen molar-refractivity contribution in [1.29, 1.82) is 0 Å². The Labute approximate surface area is 168 Å². The average molecular weight is 410 g/mol. The minimum absolute atomic E-state index is 0.138. The predicted molar refractivity (Wildman–Crippen MR) is 103 cm³/mol. The van der Waals surface area contributed by atoms with Gasteiger partial charge in [-0.1, -0.05) is 29.5 Å². The first kappa shape index (κ1) is 21.7. The van der Waals surface area contributed by atoms with Gasteiger partial charge in [0, 0.05) is 24.4 Å². The minimum Gasteiger partial charge on any atom is -0.444 e. The van der Waals surface area contributed by atoms with Crippen molar-refractivity contribution in [3.63, 3.8) is 0 Å². The van der Waals surface area contributed by atoms with Crippen molar-refractivity contribution in [2.75, 3.05) is 0 Å². The van der Waals surface area contributed by atoms with E-state index in [9.17, 15) is 13.6 Å². The molecule has 2 aromatic rings. The van der Waals surface area contributed by atoms with Gasteiger partial charge in [-0.25, -0.2) is 4.79 Å². The number of nitrogens with one attached hydrogen (secondary N) is 1. The zero-order valence-corrected chi connectivity index (χ0v) is 17.1. The van der Waals surface area contributed by atoms with Gasteiger partial charge in [0.25, 0.3) is 5.92 Å². The summed E-state index contributed by atoms with van der Waals surface area (Å²) in [5.41, 5.74) is -0.000252. The molecule has 1 amide bonds. The van der Waals surface area contributed by atoms with Crippen LogP contribution >= 0.6 is 11.6 Å². The van der Waals surface area contributed by atoms with Crippen molar-refractivity contribution in [3.05, 3.63) is 52.3 Å². The molecule has 0 radical (unpaired) electrons. The molecule has 28 heavy (non-hydrogen) atoms. The third-order valence-electron chi connectivity index (χ3n) is 3.66. The maximum atomic E-state index is 14.8. The Morgan fingerprint density at radius 2 is 1.93 bits per heavy atom. The molecule has 0 saturated heterocycles. The van der Waals surface area contributed by atoms with Crippen molar-refractivity contribution in [2.24, 2.45) is 7.05 Å². The summed E-state index contributed by atoms with van der Waals surface area (Å²) in [5.74, 6) is 2.34. The number of hydrogen-bond acceptors (Lipinski definition) is 3. The quantitative estimate of drug-likeness (QED) is 0.760. The Balaban J connectivity index is 2.17. The molecule has 5 nitrogen and oxygen atoms in total. The van der Waals surface area contributed by atoms with Crippen molar-refractivity contribution in [3.8, 4) is 11.8 Å². The molecule has 1 heterocycles. The number of alkyl carbamates (subject to hydrolysis) is 1. The highest BCUT2D eigenvalue weighted by atomic mass is 35.5. The van der Waals surface area contributed by atoms with Crippen LogP contribution in [-0.4, -0.2) is 27.5 Å². The van der Waals surface area contributed by atoms with Gasteiger partial charge < -0.3 is 10.1 Å². The van der Waals surface area contributed by atoms with Crippen LogP contribution in [0.3, 0.4) is 0 Å². The van der Waals surface area contributed by atoms with Crippen LogP contribution in [0.4, 0.5) is 13.6 Å². The fourth-order valence-electron chi connectivity index (χ4n) is 2.30. The zero-order chi connectivity index (χ0) is 21.1. The van der Waals surface area contributed by atoms with Crippen LogP contribution in [0.5, 0.6) is 0 Å². The van der Waals surface area contributed by atoms with Gasteiger partial charge in [-0.15, -0.1) is 0 Å². The van der Waals surface area contributed by atoms with E-state index >= 15 is 0 Å². The Morgan fingerprint density at radius 3 is 2.46 bits per heavy atom. The lowest BCUT2D eigenvalue weighted by Gasteiger charge is -2.27. The van der Waals surface area contributed by atoms with Crippen molar-refractivity contribution < 1.29 is 18.3 Å². The number of carbonyl (C=O) groups is 1. The molecule has 0 aliphatic rings. The van der Waals surface area contributed by atoms with E-state index in [0.717, 1.165) is 0 Å². The van der Waals surface area contributed by atoms with Crippen LogP contribution < -0.4 is 5.32 Å². The standard InChI is InChI=1S/C20H22ClF2N3O2/c1-13(25-18(27)28-19(2,3)4)20(22,23)16-9-8-14(10-17(16)21)6-7-15-11-24-26(5)12-15/h8-13H,1-5H3,(H,25,27). The summed E-state index contributed by atoms with van der Waals surface area (Å²) in [6.07, 6.45) is 2.41. The SMILES string of the molecule is CC(NC(=O)OC(C)(C)C)C(F)(F)c1ccc(C#Cc2cnn(C)c2)cc1Cl. The van der Waals surface area contributed by atoms with Crippen LogP contribution in [0.2, 0.25) is 5.02 Å². The summed E-state index contributed by atoms with van der Waals surface area (Å²) in [4.78, 5) is 11.8. The van der Waals surface area contributed by atoms with E-state index in [1.54, 1.807) is 44.9 Å². The number of aromatic nitrogens is 2. The van der Waals surface area contributed by atoms with Gasteiger partial charge in [-0.05, 0) is 39.8 Å². The number of benzene rings is 1. The Morgan fingerprint density at radius 1 is 1.29 bits per heavy atom. The van der Waals surface area contributed by atoms with Crippen LogP contribution in [-0.2, 0) is 17.7 Å². The number of halogens is 3. The molecular weight excluding hydrogens is 388 g/mol. The van der Waals surface area contributed by atoms with Crippen molar-refractivity contribution in [2.45, 2.75) is 45.3 Å². The monoisotopic (exact) mass is 409 g/mol. The average Bonchev–Trinajstić information content (AvgIpc) is 2.96. The van der Waals surface area contributed by atoms with E-state index < -0.39 is 29.2 Å². The van der Waals surface area contributed by atoms with Gasteiger partial charge in [-0.2, -0.15) is 13.9 Å². The first-order valence-corrected chi connectivity index (χ1v) is 8.94. The Bertz CT molecular complexity index is 924. The number of amides is 1. The second-order valence-electron chi connectivity index (χ2n) is 7.34. The number of rotatable bonds is 3. The molecule has 0 fully saturated rings. The molecule has 0 aliphatic heterocycles. The normalized spacial score (nSPS) is 12.7. The third-order valence-corrected chi connectivity index (χ3v) is 3.97. The highest BCUT2D eigenvalue weighted by molar-refractivity contribution is 6.31. The van der Waals surface area contributed by atoms with Gasteiger partial charge in [0.05, 0.1) is 22.8 Å². The topological polar surface area (TPSA) is 56.1 Å². The maximum Gasteiger partial charge on any atom is 0.408 e. The number of alkyl halides is 2. The number of aryl methyl sites for hydroxylation is 1. The molecule has 1 atom stereocenters. The smallest absolute Gasteiger partial charge is 0.408 e. The highest BCUT2D eigenvalue weighted by Gasteiger charge is 2.41.